The molecule has 2 fully saturated rings. The summed E-state index contributed by atoms with van der Waals surface area (Å²) in [5.41, 5.74) is 0.474. The predicted molar refractivity (Wildman–Crippen MR) is 88.4 cm³/mol. The number of hydrogen-bond donors (Lipinski definition) is 2. The minimum absolute atomic E-state index is 0.0730. The number of piperidine rings is 1. The molecule has 5 nitrogen and oxygen atoms in total. The van der Waals surface area contributed by atoms with Crippen LogP contribution in [0, 0.1) is 5.92 Å². The number of fused-ring (bicyclic) bond motifs is 1. The summed E-state index contributed by atoms with van der Waals surface area (Å²) >= 11 is 0. The van der Waals surface area contributed by atoms with Crippen LogP contribution in [0.25, 0.3) is 0 Å². The van der Waals surface area contributed by atoms with Crippen molar-refractivity contribution in [2.75, 3.05) is 27.9 Å². The number of aliphatic hydroxyl groups is 1. The van der Waals surface area contributed by atoms with Crippen LogP contribution in [0.1, 0.15) is 43.7 Å². The molecule has 1 aromatic carbocycles. The molecule has 3 atom stereocenters. The molecule has 1 aliphatic carbocycles. The lowest BCUT2D eigenvalue weighted by Gasteiger charge is -2.48. The first-order valence-electron chi connectivity index (χ1n) is 8.39. The lowest BCUT2D eigenvalue weighted by molar-refractivity contribution is -0.0863. The molecule has 1 aromatic rings. The van der Waals surface area contributed by atoms with Gasteiger partial charge < -0.3 is 24.6 Å². The molecule has 1 saturated heterocycles. The van der Waals surface area contributed by atoms with Crippen LogP contribution in [-0.2, 0) is 0 Å². The van der Waals surface area contributed by atoms with Crippen molar-refractivity contribution in [1.29, 1.82) is 0 Å². The fraction of sp³-hybridized carbons (Fsp3) is 0.667. The molecule has 1 aliphatic heterocycles. The first kappa shape index (κ1) is 16.4. The van der Waals surface area contributed by atoms with Crippen molar-refractivity contribution in [2.45, 2.75) is 43.7 Å². The number of methoxy groups -OCH3 is 3. The molecule has 0 radical (unpaired) electrons. The van der Waals surface area contributed by atoms with E-state index in [-0.39, 0.29) is 12.0 Å². The average molecular weight is 321 g/mol. The highest BCUT2D eigenvalue weighted by Crippen LogP contribution is 2.50. The largest absolute Gasteiger partial charge is 0.493 e. The molecular formula is C18H27NO4. The Kier molecular flexibility index (Phi) is 4.69. The van der Waals surface area contributed by atoms with Gasteiger partial charge >= 0.3 is 0 Å². The maximum Gasteiger partial charge on any atom is 0.203 e. The molecule has 23 heavy (non-hydrogen) atoms. The van der Waals surface area contributed by atoms with Crippen molar-refractivity contribution in [3.63, 3.8) is 0 Å². The van der Waals surface area contributed by atoms with E-state index in [0.717, 1.165) is 37.8 Å². The Morgan fingerprint density at radius 2 is 1.83 bits per heavy atom. The Hall–Kier alpha value is -1.46. The molecule has 1 saturated carbocycles. The summed E-state index contributed by atoms with van der Waals surface area (Å²) in [6.07, 6.45) is 5.03. The third-order valence-corrected chi connectivity index (χ3v) is 5.46. The highest BCUT2D eigenvalue weighted by atomic mass is 16.5. The monoisotopic (exact) mass is 321 g/mol. The van der Waals surface area contributed by atoms with Crippen molar-refractivity contribution in [1.82, 2.24) is 5.32 Å². The second-order valence-electron chi connectivity index (χ2n) is 6.56. The van der Waals surface area contributed by atoms with Gasteiger partial charge in [-0.3, -0.25) is 0 Å². The molecule has 2 N–H and O–H groups in total. The molecule has 128 valence electrons. The molecule has 1 heterocycles. The van der Waals surface area contributed by atoms with Crippen molar-refractivity contribution in [2.24, 2.45) is 5.92 Å². The van der Waals surface area contributed by atoms with Gasteiger partial charge in [0.1, 0.15) is 0 Å². The highest BCUT2D eigenvalue weighted by molar-refractivity contribution is 5.57. The molecule has 5 heteroatoms. The van der Waals surface area contributed by atoms with Crippen LogP contribution >= 0.6 is 0 Å². The number of ether oxygens (including phenoxy) is 3. The Morgan fingerprint density at radius 1 is 1.04 bits per heavy atom. The molecular weight excluding hydrogens is 294 g/mol. The maximum absolute atomic E-state index is 11.1. The van der Waals surface area contributed by atoms with Crippen molar-refractivity contribution in [3.8, 4) is 17.2 Å². The summed E-state index contributed by atoms with van der Waals surface area (Å²) in [5, 5.41) is 14.7. The van der Waals surface area contributed by atoms with Gasteiger partial charge in [-0.25, -0.2) is 0 Å². The topological polar surface area (TPSA) is 60.0 Å². The molecule has 3 rings (SSSR count). The van der Waals surface area contributed by atoms with Crippen LogP contribution in [0.2, 0.25) is 0 Å². The zero-order chi connectivity index (χ0) is 16.4. The summed E-state index contributed by atoms with van der Waals surface area (Å²) in [5.74, 6) is 2.17. The summed E-state index contributed by atoms with van der Waals surface area (Å²) in [6, 6.07) is 4.01. The minimum atomic E-state index is -0.563. The zero-order valence-electron chi connectivity index (χ0n) is 14.2. The van der Waals surface area contributed by atoms with E-state index < -0.39 is 5.60 Å². The Labute approximate surface area is 137 Å². The van der Waals surface area contributed by atoms with Crippen LogP contribution in [0.4, 0.5) is 0 Å². The van der Waals surface area contributed by atoms with Gasteiger partial charge in [0.15, 0.2) is 11.5 Å². The summed E-state index contributed by atoms with van der Waals surface area (Å²) in [4.78, 5) is 0. The van der Waals surface area contributed by atoms with Crippen LogP contribution < -0.4 is 19.5 Å². The Balaban J connectivity index is 2.03. The van der Waals surface area contributed by atoms with Crippen molar-refractivity contribution >= 4 is 0 Å². The quantitative estimate of drug-likeness (QED) is 0.893. The molecule has 0 aromatic heterocycles. The molecule has 0 bridgehead atoms. The SMILES string of the molecule is COc1ccc([C@@H]2NCC[C@@]3(O)CCCC[C@H]23)c(OC)c1OC. The first-order chi connectivity index (χ1) is 11.1. The van der Waals surface area contributed by atoms with Gasteiger partial charge in [0, 0.05) is 17.5 Å². The van der Waals surface area contributed by atoms with Crippen molar-refractivity contribution in [3.05, 3.63) is 17.7 Å². The number of hydrogen-bond acceptors (Lipinski definition) is 5. The van der Waals surface area contributed by atoms with E-state index in [0.29, 0.717) is 17.2 Å². The highest BCUT2D eigenvalue weighted by Gasteiger charge is 2.46. The second kappa shape index (κ2) is 6.57. The van der Waals surface area contributed by atoms with Gasteiger partial charge in [-0.1, -0.05) is 12.8 Å². The summed E-state index contributed by atoms with van der Waals surface area (Å²) in [7, 11) is 4.89. The standard InChI is InChI=1S/C18H27NO4/c1-21-14-8-7-12(16(22-2)17(14)23-3)15-13-6-4-5-9-18(13,20)10-11-19-15/h7-8,13,15,19-20H,4-6,9-11H2,1-3H3/t13-,15+,18+/m1/s1. The minimum Gasteiger partial charge on any atom is -0.493 e. The number of rotatable bonds is 4. The smallest absolute Gasteiger partial charge is 0.203 e. The summed E-state index contributed by atoms with van der Waals surface area (Å²) < 4.78 is 16.5. The fourth-order valence-electron chi connectivity index (χ4n) is 4.32. The predicted octanol–water partition coefficient (Wildman–Crippen LogP) is 2.67. The van der Waals surface area contributed by atoms with Gasteiger partial charge in [-0.05, 0) is 37.9 Å². The molecule has 0 amide bonds. The van der Waals surface area contributed by atoms with E-state index in [9.17, 15) is 5.11 Å². The molecule has 0 spiro atoms. The molecule has 0 unspecified atom stereocenters. The van der Waals surface area contributed by atoms with Gasteiger partial charge in [0.25, 0.3) is 0 Å². The molecule has 2 aliphatic rings. The van der Waals surface area contributed by atoms with E-state index >= 15 is 0 Å². The van der Waals surface area contributed by atoms with Crippen LogP contribution in [0.5, 0.6) is 17.2 Å². The normalized spacial score (nSPS) is 30.4. The Bertz CT molecular complexity index is 558. The number of nitrogens with one attached hydrogen (secondary N) is 1. The van der Waals surface area contributed by atoms with E-state index in [1.54, 1.807) is 21.3 Å². The van der Waals surface area contributed by atoms with E-state index in [1.807, 2.05) is 12.1 Å². The van der Waals surface area contributed by atoms with Gasteiger partial charge in [0.2, 0.25) is 5.75 Å². The van der Waals surface area contributed by atoms with Gasteiger partial charge in [-0.15, -0.1) is 0 Å². The summed E-state index contributed by atoms with van der Waals surface area (Å²) in [6.45, 7) is 0.815. The zero-order valence-corrected chi connectivity index (χ0v) is 14.2. The van der Waals surface area contributed by atoms with Gasteiger partial charge in [-0.2, -0.15) is 0 Å². The Morgan fingerprint density at radius 3 is 2.52 bits per heavy atom. The third kappa shape index (κ3) is 2.76. The van der Waals surface area contributed by atoms with Crippen LogP contribution in [-0.4, -0.2) is 38.6 Å². The maximum atomic E-state index is 11.1. The van der Waals surface area contributed by atoms with Crippen molar-refractivity contribution < 1.29 is 19.3 Å². The van der Waals surface area contributed by atoms with E-state index in [2.05, 4.69) is 5.32 Å². The first-order valence-corrected chi connectivity index (χ1v) is 8.39. The lowest BCUT2D eigenvalue weighted by atomic mass is 9.66. The van der Waals surface area contributed by atoms with Crippen LogP contribution in [0.3, 0.4) is 0 Å². The second-order valence-corrected chi connectivity index (χ2v) is 6.56. The third-order valence-electron chi connectivity index (χ3n) is 5.46. The number of benzene rings is 1. The van der Waals surface area contributed by atoms with Crippen LogP contribution in [0.15, 0.2) is 12.1 Å². The lowest BCUT2D eigenvalue weighted by Crippen LogP contribution is -2.53. The van der Waals surface area contributed by atoms with E-state index in [1.165, 1.54) is 6.42 Å². The average Bonchev–Trinajstić information content (AvgIpc) is 2.59. The van der Waals surface area contributed by atoms with E-state index in [4.69, 9.17) is 14.2 Å². The fourth-order valence-corrected chi connectivity index (χ4v) is 4.32. The van der Waals surface area contributed by atoms with Gasteiger partial charge in [0.05, 0.1) is 26.9 Å².